The molecule has 0 aliphatic rings. The lowest BCUT2D eigenvalue weighted by Gasteiger charge is -2.23. The van der Waals surface area contributed by atoms with Crippen molar-refractivity contribution < 1.29 is 29.1 Å². The largest absolute Gasteiger partial charge is 0.480 e. The van der Waals surface area contributed by atoms with Crippen LogP contribution in [0.15, 0.2) is 4.99 Å². The molecule has 0 bridgehead atoms. The van der Waals surface area contributed by atoms with E-state index < -0.39 is 53.8 Å². The molecule has 0 aromatic heterocycles. The first-order valence-corrected chi connectivity index (χ1v) is 10.4. The van der Waals surface area contributed by atoms with Crippen molar-refractivity contribution in [3.05, 3.63) is 0 Å². The maximum Gasteiger partial charge on any atom is 0.327 e. The molecule has 12 N–H and O–H groups in total. The first-order chi connectivity index (χ1) is 14.9. The van der Waals surface area contributed by atoms with Gasteiger partial charge in [-0.1, -0.05) is 0 Å². The number of hydrogen-bond donors (Lipinski definition) is 9. The Morgan fingerprint density at radius 3 is 2.03 bits per heavy atom. The van der Waals surface area contributed by atoms with Crippen LogP contribution in [-0.2, 0) is 24.0 Å². The molecular formula is C17H32N8O6S. The van der Waals surface area contributed by atoms with E-state index in [4.69, 9.17) is 28.0 Å². The molecule has 0 rings (SSSR count). The van der Waals surface area contributed by atoms with Gasteiger partial charge >= 0.3 is 5.97 Å². The maximum atomic E-state index is 12.6. The molecular weight excluding hydrogens is 444 g/mol. The second-order valence-corrected chi connectivity index (χ2v) is 7.30. The fraction of sp³-hybridized carbons (Fsp3) is 0.647. The van der Waals surface area contributed by atoms with Crippen LogP contribution in [-0.4, -0.2) is 77.1 Å². The minimum absolute atomic E-state index is 0.0894. The highest BCUT2D eigenvalue weighted by Crippen LogP contribution is 2.02. The van der Waals surface area contributed by atoms with E-state index in [9.17, 15) is 24.0 Å². The van der Waals surface area contributed by atoms with Gasteiger partial charge in [-0.3, -0.25) is 24.2 Å². The average molecular weight is 477 g/mol. The Bertz CT molecular complexity index is 715. The number of aliphatic imine (C=N–C) groups is 1. The summed E-state index contributed by atoms with van der Waals surface area (Å²) in [5.41, 5.74) is 21.3. The summed E-state index contributed by atoms with van der Waals surface area (Å²) in [4.78, 5) is 62.9. The van der Waals surface area contributed by atoms with Gasteiger partial charge in [0.15, 0.2) is 5.96 Å². The number of nitrogens with zero attached hydrogens (tertiary/aromatic N) is 1. The third-order valence-corrected chi connectivity index (χ3v) is 4.53. The molecule has 15 heteroatoms. The Labute approximate surface area is 190 Å². The molecule has 0 radical (unpaired) electrons. The van der Waals surface area contributed by atoms with Gasteiger partial charge in [0, 0.05) is 18.7 Å². The van der Waals surface area contributed by atoms with Crippen LogP contribution in [0.3, 0.4) is 0 Å². The molecule has 4 amide bonds. The second-order valence-electron chi connectivity index (χ2n) is 6.93. The lowest BCUT2D eigenvalue weighted by Crippen LogP contribution is -2.56. The number of rotatable bonds is 15. The summed E-state index contributed by atoms with van der Waals surface area (Å²) in [7, 11) is 0. The number of carbonyl (C=O) groups is 5. The van der Waals surface area contributed by atoms with Crippen molar-refractivity contribution in [2.45, 2.75) is 56.8 Å². The van der Waals surface area contributed by atoms with E-state index in [1.54, 1.807) is 0 Å². The standard InChI is InChI=1S/C17H32N8O6S/c1-8(13(27)25-11(7-32)16(30)31)23-15(29)10(4-5-12(19)26)24-14(28)9(18)3-2-6-22-17(20)21/h8-11,32H,2-7,18H2,1H3,(H2,19,26)(H,23,29)(H,24,28)(H,25,27)(H,30,31)(H4,20,21,22). The molecule has 0 aromatic rings. The number of nitrogens with two attached hydrogens (primary N) is 4. The molecule has 0 aliphatic heterocycles. The van der Waals surface area contributed by atoms with E-state index in [0.29, 0.717) is 6.42 Å². The summed E-state index contributed by atoms with van der Waals surface area (Å²) < 4.78 is 0. The molecule has 32 heavy (non-hydrogen) atoms. The van der Waals surface area contributed by atoms with Gasteiger partial charge < -0.3 is 44.0 Å². The lowest BCUT2D eigenvalue weighted by molar-refractivity contribution is -0.141. The Morgan fingerprint density at radius 1 is 0.938 bits per heavy atom. The van der Waals surface area contributed by atoms with Gasteiger partial charge in [-0.05, 0) is 26.2 Å². The van der Waals surface area contributed by atoms with Gasteiger partial charge in [-0.15, -0.1) is 0 Å². The zero-order chi connectivity index (χ0) is 24.8. The predicted octanol–water partition coefficient (Wildman–Crippen LogP) is -3.88. The molecule has 14 nitrogen and oxygen atoms in total. The minimum Gasteiger partial charge on any atom is -0.480 e. The zero-order valence-corrected chi connectivity index (χ0v) is 18.6. The fourth-order valence-electron chi connectivity index (χ4n) is 2.35. The van der Waals surface area contributed by atoms with Crippen LogP contribution in [0, 0.1) is 0 Å². The SMILES string of the molecule is CC(NC(=O)C(CCC(N)=O)NC(=O)C(N)CCCN=C(N)N)C(=O)NC(CS)C(=O)O. The van der Waals surface area contributed by atoms with Crippen molar-refractivity contribution in [2.75, 3.05) is 12.3 Å². The Morgan fingerprint density at radius 2 is 1.53 bits per heavy atom. The number of nitrogens with one attached hydrogen (secondary N) is 3. The molecule has 0 saturated heterocycles. The van der Waals surface area contributed by atoms with Crippen LogP contribution < -0.4 is 38.9 Å². The Kier molecular flexibility index (Phi) is 13.4. The van der Waals surface area contributed by atoms with E-state index in [1.165, 1.54) is 6.92 Å². The number of primary amides is 1. The molecule has 4 atom stereocenters. The fourth-order valence-corrected chi connectivity index (χ4v) is 2.59. The van der Waals surface area contributed by atoms with Crippen molar-refractivity contribution in [1.29, 1.82) is 0 Å². The molecule has 0 spiro atoms. The molecule has 0 aliphatic carbocycles. The number of thiol groups is 1. The number of carboxylic acids is 1. The van der Waals surface area contributed by atoms with Gasteiger partial charge in [-0.2, -0.15) is 12.6 Å². The smallest absolute Gasteiger partial charge is 0.327 e. The van der Waals surface area contributed by atoms with Gasteiger partial charge in [0.25, 0.3) is 0 Å². The Hall–Kier alpha value is -3.07. The summed E-state index contributed by atoms with van der Waals surface area (Å²) in [5, 5.41) is 16.0. The first-order valence-electron chi connectivity index (χ1n) is 9.73. The third-order valence-electron chi connectivity index (χ3n) is 4.17. The summed E-state index contributed by atoms with van der Waals surface area (Å²) in [6.45, 7) is 1.60. The predicted molar refractivity (Wildman–Crippen MR) is 119 cm³/mol. The van der Waals surface area contributed by atoms with E-state index in [2.05, 4.69) is 33.6 Å². The molecule has 0 fully saturated rings. The average Bonchev–Trinajstić information content (AvgIpc) is 2.70. The van der Waals surface area contributed by atoms with Crippen molar-refractivity contribution in [3.63, 3.8) is 0 Å². The van der Waals surface area contributed by atoms with Gasteiger partial charge in [-0.25, -0.2) is 4.79 Å². The number of aliphatic carboxylic acids is 1. The van der Waals surface area contributed by atoms with Crippen LogP contribution in [0.5, 0.6) is 0 Å². The first kappa shape index (κ1) is 28.9. The van der Waals surface area contributed by atoms with Crippen LogP contribution in [0.4, 0.5) is 0 Å². The van der Waals surface area contributed by atoms with Crippen molar-refractivity contribution >= 4 is 48.2 Å². The summed E-state index contributed by atoms with van der Waals surface area (Å²) in [6.07, 6.45) is 0.305. The zero-order valence-electron chi connectivity index (χ0n) is 17.7. The van der Waals surface area contributed by atoms with E-state index >= 15 is 0 Å². The number of guanidine groups is 1. The molecule has 0 saturated carbocycles. The van der Waals surface area contributed by atoms with Crippen LogP contribution in [0.2, 0.25) is 0 Å². The Balaban J connectivity index is 5.00. The number of carboxylic acid groups (broad SMARTS) is 1. The van der Waals surface area contributed by atoms with Crippen LogP contribution >= 0.6 is 12.6 Å². The quantitative estimate of drug-likeness (QED) is 0.0483. The van der Waals surface area contributed by atoms with Gasteiger partial charge in [0.05, 0.1) is 6.04 Å². The molecule has 182 valence electrons. The van der Waals surface area contributed by atoms with E-state index in [-0.39, 0.29) is 37.5 Å². The number of carbonyl (C=O) groups excluding carboxylic acids is 4. The minimum atomic E-state index is -1.28. The van der Waals surface area contributed by atoms with Crippen molar-refractivity contribution in [2.24, 2.45) is 27.9 Å². The highest BCUT2D eigenvalue weighted by Gasteiger charge is 2.28. The van der Waals surface area contributed by atoms with Crippen LogP contribution in [0.1, 0.15) is 32.6 Å². The maximum absolute atomic E-state index is 12.6. The number of hydrogen-bond acceptors (Lipinski definition) is 8. The van der Waals surface area contributed by atoms with Crippen molar-refractivity contribution in [3.8, 4) is 0 Å². The van der Waals surface area contributed by atoms with Gasteiger partial charge in [0.2, 0.25) is 23.6 Å². The van der Waals surface area contributed by atoms with Crippen molar-refractivity contribution in [1.82, 2.24) is 16.0 Å². The second kappa shape index (κ2) is 14.9. The normalized spacial score (nSPS) is 14.2. The monoisotopic (exact) mass is 476 g/mol. The van der Waals surface area contributed by atoms with E-state index in [0.717, 1.165) is 0 Å². The third kappa shape index (κ3) is 11.9. The summed E-state index contributed by atoms with van der Waals surface area (Å²) in [6, 6.07) is -4.55. The van der Waals surface area contributed by atoms with Gasteiger partial charge in [0.1, 0.15) is 18.1 Å². The summed E-state index contributed by atoms with van der Waals surface area (Å²) in [5.74, 6) is -4.41. The number of amides is 4. The van der Waals surface area contributed by atoms with Crippen LogP contribution in [0.25, 0.3) is 0 Å². The molecule has 0 heterocycles. The lowest BCUT2D eigenvalue weighted by atomic mass is 10.1. The summed E-state index contributed by atoms with van der Waals surface area (Å²) >= 11 is 3.84. The topological polar surface area (TPSA) is 258 Å². The van der Waals surface area contributed by atoms with E-state index in [1.807, 2.05) is 0 Å². The highest BCUT2D eigenvalue weighted by atomic mass is 32.1. The molecule has 4 unspecified atom stereocenters. The highest BCUT2D eigenvalue weighted by molar-refractivity contribution is 7.80. The molecule has 0 aromatic carbocycles.